The zero-order valence-electron chi connectivity index (χ0n) is 22.8. The molecule has 0 atom stereocenters. The van der Waals surface area contributed by atoms with E-state index in [0.717, 1.165) is 24.6 Å². The third-order valence-electron chi connectivity index (χ3n) is 6.37. The summed E-state index contributed by atoms with van der Waals surface area (Å²) < 4.78 is 4.70. The van der Waals surface area contributed by atoms with E-state index < -0.39 is 0 Å². The van der Waals surface area contributed by atoms with E-state index in [0.29, 0.717) is 0 Å². The molecule has 2 heterocycles. The van der Waals surface area contributed by atoms with Crippen molar-refractivity contribution in [1.29, 1.82) is 0 Å². The number of pyridine rings is 2. The molecular weight excluding hydrogens is 612 g/mol. The first-order chi connectivity index (χ1) is 16.8. The zero-order chi connectivity index (χ0) is 24.1. The summed E-state index contributed by atoms with van der Waals surface area (Å²) >= 11 is 4.12. The molecule has 6 heteroatoms. The van der Waals surface area contributed by atoms with Gasteiger partial charge in [0, 0.05) is 60.1 Å². The lowest BCUT2D eigenvalue weighted by molar-refractivity contribution is -0.697. The number of unbranched alkanes of at least 4 members (excludes halogenated alkanes) is 10. The Morgan fingerprint density at radius 3 is 1.19 bits per heavy atom. The first-order valence-electron chi connectivity index (χ1n) is 13.9. The van der Waals surface area contributed by atoms with Gasteiger partial charge in [0.1, 0.15) is 13.1 Å². The maximum atomic E-state index is 2.35. The number of aromatic nitrogens is 2. The SMILES string of the molecule is CCCCCCCC[n+]1ccc(CSCCSCc2cc[n+](CCCCCCCC)cc2)cc1.[Br-].[Br-]. The fraction of sp³-hybridized carbons (Fsp3) is 0.667. The second-order valence-corrected chi connectivity index (χ2v) is 11.7. The minimum atomic E-state index is 0. The van der Waals surface area contributed by atoms with Crippen molar-refractivity contribution >= 4 is 23.5 Å². The van der Waals surface area contributed by atoms with Crippen LogP contribution in [0.15, 0.2) is 49.1 Å². The Bertz CT molecular complexity index is 663. The highest BCUT2D eigenvalue weighted by atomic mass is 79.9. The molecule has 2 nitrogen and oxygen atoms in total. The van der Waals surface area contributed by atoms with Crippen LogP contribution in [-0.4, -0.2) is 11.5 Å². The van der Waals surface area contributed by atoms with E-state index >= 15 is 0 Å². The molecule has 0 spiro atoms. The maximum Gasteiger partial charge on any atom is 0.169 e. The minimum absolute atomic E-state index is 0. The zero-order valence-corrected chi connectivity index (χ0v) is 27.6. The van der Waals surface area contributed by atoms with Gasteiger partial charge in [0.05, 0.1) is 0 Å². The number of hydrogen-bond donors (Lipinski definition) is 0. The van der Waals surface area contributed by atoms with Crippen molar-refractivity contribution in [2.75, 3.05) is 11.5 Å². The molecule has 2 aromatic rings. The molecule has 0 saturated carbocycles. The number of thioether (sulfide) groups is 2. The summed E-state index contributed by atoms with van der Waals surface area (Å²) in [5.74, 6) is 4.70. The van der Waals surface area contributed by atoms with Crippen molar-refractivity contribution in [1.82, 2.24) is 0 Å². The fourth-order valence-electron chi connectivity index (χ4n) is 4.11. The van der Waals surface area contributed by atoms with E-state index in [1.165, 1.54) is 99.7 Å². The molecule has 36 heavy (non-hydrogen) atoms. The van der Waals surface area contributed by atoms with Gasteiger partial charge < -0.3 is 34.0 Å². The Kier molecular flexibility index (Phi) is 25.2. The van der Waals surface area contributed by atoms with Crippen LogP contribution < -0.4 is 43.1 Å². The van der Waals surface area contributed by atoms with Gasteiger partial charge in [-0.15, -0.1) is 0 Å². The van der Waals surface area contributed by atoms with Crippen LogP contribution in [0.5, 0.6) is 0 Å². The second-order valence-electron chi connectivity index (χ2n) is 9.53. The lowest BCUT2D eigenvalue weighted by Gasteiger charge is -2.04. The largest absolute Gasteiger partial charge is 1.00 e. The monoisotopic (exact) mass is 660 g/mol. The van der Waals surface area contributed by atoms with Gasteiger partial charge in [-0.2, -0.15) is 23.5 Å². The average molecular weight is 663 g/mol. The molecule has 0 bridgehead atoms. The number of halogens is 2. The van der Waals surface area contributed by atoms with E-state index in [1.54, 1.807) is 0 Å². The number of nitrogens with zero attached hydrogens (tertiary/aromatic N) is 2. The first kappa shape index (κ1) is 36.0. The van der Waals surface area contributed by atoms with Crippen LogP contribution in [0.2, 0.25) is 0 Å². The van der Waals surface area contributed by atoms with Gasteiger partial charge in [-0.1, -0.05) is 65.2 Å². The van der Waals surface area contributed by atoms with Gasteiger partial charge in [0.2, 0.25) is 0 Å². The Balaban J connectivity index is 0.00000612. The van der Waals surface area contributed by atoms with Gasteiger partial charge in [0.15, 0.2) is 24.8 Å². The molecule has 0 aliphatic heterocycles. The van der Waals surface area contributed by atoms with E-state index in [1.807, 2.05) is 0 Å². The van der Waals surface area contributed by atoms with Crippen molar-refractivity contribution in [3.63, 3.8) is 0 Å². The molecule has 0 radical (unpaired) electrons. The first-order valence-corrected chi connectivity index (χ1v) is 16.2. The van der Waals surface area contributed by atoms with Crippen molar-refractivity contribution in [3.8, 4) is 0 Å². The van der Waals surface area contributed by atoms with E-state index in [9.17, 15) is 0 Å². The molecule has 0 aliphatic rings. The van der Waals surface area contributed by atoms with Crippen LogP contribution >= 0.6 is 23.5 Å². The number of aryl methyl sites for hydroxylation is 2. The molecule has 0 N–H and O–H groups in total. The van der Waals surface area contributed by atoms with Crippen molar-refractivity contribution in [2.45, 2.75) is 115 Å². The molecule has 0 aromatic carbocycles. The van der Waals surface area contributed by atoms with Gasteiger partial charge in [0.25, 0.3) is 0 Å². The van der Waals surface area contributed by atoms with Crippen LogP contribution in [0.1, 0.15) is 102 Å². The summed E-state index contributed by atoms with van der Waals surface area (Å²) in [6, 6.07) is 9.23. The van der Waals surface area contributed by atoms with E-state index in [2.05, 4.69) is 95.6 Å². The van der Waals surface area contributed by atoms with Crippen LogP contribution in [0.3, 0.4) is 0 Å². The van der Waals surface area contributed by atoms with Gasteiger partial charge in [-0.3, -0.25) is 0 Å². The topological polar surface area (TPSA) is 7.76 Å². The summed E-state index contributed by atoms with van der Waals surface area (Å²) in [6.45, 7) is 6.89. The summed E-state index contributed by atoms with van der Waals surface area (Å²) in [6.07, 6.45) is 25.5. The van der Waals surface area contributed by atoms with Crippen molar-refractivity contribution in [2.24, 2.45) is 0 Å². The standard InChI is InChI=1S/C30H50N2S2.2BrH/c1-3-5-7-9-11-13-19-31-21-15-29(16-22-31)27-33-25-26-34-28-30-17-23-32(24-18-30)20-14-12-10-8-6-4-2;;/h15-18,21-24H,3-14,19-20,25-28H2,1-2H3;2*1H/q+2;;/p-2. The molecule has 0 amide bonds. The number of hydrogen-bond acceptors (Lipinski definition) is 2. The van der Waals surface area contributed by atoms with Crippen LogP contribution in [0.25, 0.3) is 0 Å². The summed E-state index contributed by atoms with van der Waals surface area (Å²) in [5, 5.41) is 0. The van der Waals surface area contributed by atoms with Crippen LogP contribution in [-0.2, 0) is 24.6 Å². The van der Waals surface area contributed by atoms with Crippen LogP contribution in [0.4, 0.5) is 0 Å². The van der Waals surface area contributed by atoms with Gasteiger partial charge in [-0.25, -0.2) is 9.13 Å². The third kappa shape index (κ3) is 18.3. The van der Waals surface area contributed by atoms with E-state index in [-0.39, 0.29) is 34.0 Å². The average Bonchev–Trinajstić information content (AvgIpc) is 2.87. The Labute approximate surface area is 252 Å². The second kappa shape index (κ2) is 25.2. The normalized spacial score (nSPS) is 10.6. The van der Waals surface area contributed by atoms with Gasteiger partial charge in [-0.05, 0) is 24.0 Å². The quantitative estimate of drug-likeness (QED) is 0.150. The summed E-state index contributed by atoms with van der Waals surface area (Å²) in [5.41, 5.74) is 2.90. The molecule has 0 aliphatic carbocycles. The highest BCUT2D eigenvalue weighted by molar-refractivity contribution is 8.02. The Morgan fingerprint density at radius 2 is 0.833 bits per heavy atom. The minimum Gasteiger partial charge on any atom is -1.00 e. The van der Waals surface area contributed by atoms with Crippen LogP contribution in [0, 0.1) is 0 Å². The lowest BCUT2D eigenvalue weighted by Crippen LogP contribution is -3.00. The van der Waals surface area contributed by atoms with E-state index in [4.69, 9.17) is 0 Å². The number of rotatable bonds is 21. The van der Waals surface area contributed by atoms with Crippen molar-refractivity contribution < 1.29 is 43.1 Å². The summed E-state index contributed by atoms with van der Waals surface area (Å²) in [7, 11) is 0. The molecule has 2 rings (SSSR count). The predicted molar refractivity (Wildman–Crippen MR) is 152 cm³/mol. The lowest BCUT2D eigenvalue weighted by atomic mass is 10.1. The fourth-order valence-corrected chi connectivity index (χ4v) is 6.20. The molecule has 0 saturated heterocycles. The smallest absolute Gasteiger partial charge is 0.169 e. The summed E-state index contributed by atoms with van der Waals surface area (Å²) in [4.78, 5) is 0. The third-order valence-corrected chi connectivity index (χ3v) is 8.69. The van der Waals surface area contributed by atoms with Crippen molar-refractivity contribution in [3.05, 3.63) is 60.2 Å². The Morgan fingerprint density at radius 1 is 0.500 bits per heavy atom. The molecule has 2 aromatic heterocycles. The Hall–Kier alpha value is -0.0400. The molecular formula is C30H50Br2N2S2. The maximum absolute atomic E-state index is 2.35. The van der Waals surface area contributed by atoms with Gasteiger partial charge >= 0.3 is 0 Å². The molecule has 0 fully saturated rings. The molecule has 0 unspecified atom stereocenters. The molecule has 206 valence electrons. The highest BCUT2D eigenvalue weighted by Gasteiger charge is 2.03. The predicted octanol–water partition coefficient (Wildman–Crippen LogP) is 2.16. The highest BCUT2D eigenvalue weighted by Crippen LogP contribution is 2.16.